The van der Waals surface area contributed by atoms with Crippen LogP contribution >= 0.6 is 0 Å². The smallest absolute Gasteiger partial charge is 0.0374 e. The van der Waals surface area contributed by atoms with Crippen LogP contribution in [0.2, 0.25) is 0 Å². The monoisotopic (exact) mass is 287 g/mol. The second-order valence-electron chi connectivity index (χ2n) is 6.99. The van der Waals surface area contributed by atoms with Crippen molar-refractivity contribution in [3.63, 3.8) is 0 Å². The Balaban J connectivity index is 1.68. The summed E-state index contributed by atoms with van der Waals surface area (Å²) in [5.74, 6) is 0. The van der Waals surface area contributed by atoms with Crippen molar-refractivity contribution in [1.82, 2.24) is 9.80 Å². The zero-order valence-corrected chi connectivity index (χ0v) is 13.5. The van der Waals surface area contributed by atoms with Crippen molar-refractivity contribution in [2.75, 3.05) is 33.7 Å². The summed E-state index contributed by atoms with van der Waals surface area (Å²) in [5.41, 5.74) is 11.1. The first kappa shape index (κ1) is 15.0. The van der Waals surface area contributed by atoms with Gasteiger partial charge in [0, 0.05) is 18.6 Å². The van der Waals surface area contributed by atoms with E-state index in [2.05, 4.69) is 42.1 Å². The van der Waals surface area contributed by atoms with Crippen molar-refractivity contribution >= 4 is 0 Å². The van der Waals surface area contributed by atoms with Crippen molar-refractivity contribution in [3.05, 3.63) is 34.9 Å². The molecule has 21 heavy (non-hydrogen) atoms. The molecule has 1 fully saturated rings. The molecule has 3 heteroatoms. The van der Waals surface area contributed by atoms with Crippen LogP contribution in [0.3, 0.4) is 0 Å². The van der Waals surface area contributed by atoms with Crippen molar-refractivity contribution in [2.45, 2.75) is 44.2 Å². The van der Waals surface area contributed by atoms with Gasteiger partial charge in [0.25, 0.3) is 0 Å². The van der Waals surface area contributed by atoms with E-state index < -0.39 is 0 Å². The predicted molar refractivity (Wildman–Crippen MR) is 88.7 cm³/mol. The van der Waals surface area contributed by atoms with Crippen molar-refractivity contribution in [2.24, 2.45) is 5.73 Å². The van der Waals surface area contributed by atoms with Crippen LogP contribution in [0.15, 0.2) is 18.2 Å². The van der Waals surface area contributed by atoms with E-state index in [9.17, 15) is 0 Å². The first-order chi connectivity index (χ1) is 10.1. The summed E-state index contributed by atoms with van der Waals surface area (Å²) in [4.78, 5) is 4.89. The lowest BCUT2D eigenvalue weighted by atomic mass is 9.96. The molecule has 3 nitrogen and oxygen atoms in total. The van der Waals surface area contributed by atoms with Crippen LogP contribution in [-0.4, -0.2) is 55.6 Å². The van der Waals surface area contributed by atoms with Crippen LogP contribution < -0.4 is 5.73 Å². The maximum absolute atomic E-state index is 6.58. The number of nitrogens with zero attached hydrogens (tertiary/aromatic N) is 2. The summed E-state index contributed by atoms with van der Waals surface area (Å²) in [6.45, 7) is 3.43. The Morgan fingerprint density at radius 1 is 1.14 bits per heavy atom. The molecule has 2 aliphatic rings. The molecule has 2 unspecified atom stereocenters. The van der Waals surface area contributed by atoms with Gasteiger partial charge in [-0.1, -0.05) is 18.2 Å². The second kappa shape index (κ2) is 6.47. The van der Waals surface area contributed by atoms with Gasteiger partial charge < -0.3 is 15.5 Å². The molecule has 0 spiro atoms. The third-order valence-corrected chi connectivity index (χ3v) is 5.24. The van der Waals surface area contributed by atoms with E-state index >= 15 is 0 Å². The number of fused-ring (bicyclic) bond motifs is 1. The van der Waals surface area contributed by atoms with E-state index in [4.69, 9.17) is 5.73 Å². The number of likely N-dealkylation sites (N-methyl/N-ethyl adjacent to an activating group) is 2. The Hall–Kier alpha value is -0.900. The van der Waals surface area contributed by atoms with Gasteiger partial charge in [-0.3, -0.25) is 0 Å². The molecule has 116 valence electrons. The topological polar surface area (TPSA) is 32.5 Å². The Labute approximate surface area is 129 Å². The van der Waals surface area contributed by atoms with E-state index in [-0.39, 0.29) is 6.04 Å². The van der Waals surface area contributed by atoms with Gasteiger partial charge in [-0.15, -0.1) is 0 Å². The highest BCUT2D eigenvalue weighted by Crippen LogP contribution is 2.24. The Bertz CT molecular complexity index is 485. The van der Waals surface area contributed by atoms with E-state index in [0.29, 0.717) is 6.04 Å². The molecule has 0 saturated carbocycles. The minimum Gasteiger partial charge on any atom is -0.326 e. The fourth-order valence-corrected chi connectivity index (χ4v) is 3.93. The average molecular weight is 287 g/mol. The van der Waals surface area contributed by atoms with E-state index in [1.54, 1.807) is 11.1 Å². The average Bonchev–Trinajstić information content (AvgIpc) is 2.84. The Morgan fingerprint density at radius 2 is 1.95 bits per heavy atom. The number of rotatable bonds is 3. The van der Waals surface area contributed by atoms with Gasteiger partial charge in [0.15, 0.2) is 0 Å². The summed E-state index contributed by atoms with van der Waals surface area (Å²) in [7, 11) is 4.45. The van der Waals surface area contributed by atoms with Crippen molar-refractivity contribution < 1.29 is 0 Å². The first-order valence-corrected chi connectivity index (χ1v) is 8.38. The highest BCUT2D eigenvalue weighted by atomic mass is 15.2. The molecule has 1 saturated heterocycles. The normalized spacial score (nSPS) is 25.6. The minimum absolute atomic E-state index is 0.218. The highest BCUT2D eigenvalue weighted by molar-refractivity contribution is 5.35. The first-order valence-electron chi connectivity index (χ1n) is 8.38. The number of hydrogen-bond donors (Lipinski definition) is 1. The number of hydrogen-bond acceptors (Lipinski definition) is 3. The zero-order valence-electron chi connectivity index (χ0n) is 13.5. The minimum atomic E-state index is 0.218. The molecule has 0 amide bonds. The molecule has 1 aromatic rings. The summed E-state index contributed by atoms with van der Waals surface area (Å²) < 4.78 is 0. The van der Waals surface area contributed by atoms with Crippen molar-refractivity contribution in [3.8, 4) is 0 Å². The third-order valence-electron chi connectivity index (χ3n) is 5.24. The second-order valence-corrected chi connectivity index (χ2v) is 6.99. The Kier molecular flexibility index (Phi) is 4.63. The molecule has 2 atom stereocenters. The lowest BCUT2D eigenvalue weighted by Gasteiger charge is -2.32. The molecule has 3 rings (SSSR count). The lowest BCUT2D eigenvalue weighted by Crippen LogP contribution is -2.51. The summed E-state index contributed by atoms with van der Waals surface area (Å²) in [6, 6.07) is 7.71. The highest BCUT2D eigenvalue weighted by Gasteiger charge is 2.26. The maximum atomic E-state index is 6.58. The van der Waals surface area contributed by atoms with Crippen LogP contribution in [0.1, 0.15) is 29.5 Å². The van der Waals surface area contributed by atoms with Gasteiger partial charge in [-0.2, -0.15) is 0 Å². The SMILES string of the molecule is CN1CCCN(C)C(C(N)Cc2ccc3c(c2)CCC3)C1. The van der Waals surface area contributed by atoms with E-state index in [1.807, 2.05) is 0 Å². The Morgan fingerprint density at radius 3 is 2.81 bits per heavy atom. The third kappa shape index (κ3) is 3.47. The van der Waals surface area contributed by atoms with Crippen LogP contribution in [0.4, 0.5) is 0 Å². The summed E-state index contributed by atoms with van der Waals surface area (Å²) >= 11 is 0. The largest absolute Gasteiger partial charge is 0.326 e. The van der Waals surface area contributed by atoms with Gasteiger partial charge in [-0.25, -0.2) is 0 Å². The summed E-state index contributed by atoms with van der Waals surface area (Å²) in [6.07, 6.45) is 6.08. The van der Waals surface area contributed by atoms with Crippen molar-refractivity contribution in [1.29, 1.82) is 0 Å². The predicted octanol–water partition coefficient (Wildman–Crippen LogP) is 1.68. The van der Waals surface area contributed by atoms with Crippen LogP contribution in [0.25, 0.3) is 0 Å². The molecule has 0 radical (unpaired) electrons. The molecule has 0 aromatic heterocycles. The van der Waals surface area contributed by atoms with Crippen LogP contribution in [-0.2, 0) is 19.3 Å². The van der Waals surface area contributed by atoms with Gasteiger partial charge in [0.2, 0.25) is 0 Å². The fourth-order valence-electron chi connectivity index (χ4n) is 3.93. The summed E-state index contributed by atoms with van der Waals surface area (Å²) in [5, 5.41) is 0. The van der Waals surface area contributed by atoms with E-state index in [1.165, 1.54) is 37.8 Å². The number of nitrogens with two attached hydrogens (primary N) is 1. The van der Waals surface area contributed by atoms with E-state index in [0.717, 1.165) is 19.5 Å². The fraction of sp³-hybridized carbons (Fsp3) is 0.667. The molecule has 1 aliphatic carbocycles. The molecular weight excluding hydrogens is 258 g/mol. The van der Waals surface area contributed by atoms with Gasteiger partial charge in [0.1, 0.15) is 0 Å². The molecular formula is C18H29N3. The van der Waals surface area contributed by atoms with Crippen LogP contribution in [0, 0.1) is 0 Å². The lowest BCUT2D eigenvalue weighted by molar-refractivity contribution is 0.195. The van der Waals surface area contributed by atoms with Gasteiger partial charge in [0.05, 0.1) is 0 Å². The maximum Gasteiger partial charge on any atom is 0.0374 e. The number of aryl methyl sites for hydroxylation is 2. The molecule has 1 heterocycles. The van der Waals surface area contributed by atoms with Gasteiger partial charge in [-0.05, 0) is 76.0 Å². The molecule has 1 aromatic carbocycles. The number of benzene rings is 1. The van der Waals surface area contributed by atoms with Gasteiger partial charge >= 0.3 is 0 Å². The molecule has 1 aliphatic heterocycles. The molecule has 0 bridgehead atoms. The quantitative estimate of drug-likeness (QED) is 0.918. The standard InChI is InChI=1S/C18H29N3/c1-20-9-4-10-21(2)18(13-20)17(19)12-14-7-8-15-5-3-6-16(15)11-14/h7-8,11,17-18H,3-6,9-10,12-13,19H2,1-2H3. The van der Waals surface area contributed by atoms with Crippen LogP contribution in [0.5, 0.6) is 0 Å². The zero-order chi connectivity index (χ0) is 14.8. The molecule has 2 N–H and O–H groups in total.